The third kappa shape index (κ3) is 4.86. The molecule has 2 aromatic carbocycles. The van der Waals surface area contributed by atoms with E-state index >= 15 is 0 Å². The number of hydrogen-bond donors (Lipinski definition) is 1. The van der Waals surface area contributed by atoms with Crippen LogP contribution in [0.2, 0.25) is 5.02 Å². The van der Waals surface area contributed by atoms with Crippen molar-refractivity contribution in [2.75, 3.05) is 12.8 Å². The Balaban J connectivity index is 1.63. The largest absolute Gasteiger partial charge is 0.425 e. The van der Waals surface area contributed by atoms with Gasteiger partial charge in [-0.25, -0.2) is 9.98 Å². The first-order valence-corrected chi connectivity index (χ1v) is 9.71. The first kappa shape index (κ1) is 18.5. The number of carbonyl (C=O) groups is 1. The van der Waals surface area contributed by atoms with Gasteiger partial charge < -0.3 is 10.1 Å². The van der Waals surface area contributed by atoms with E-state index in [2.05, 4.69) is 15.3 Å². The summed E-state index contributed by atoms with van der Waals surface area (Å²) in [5, 5.41) is 3.52. The first-order chi connectivity index (χ1) is 12.7. The van der Waals surface area contributed by atoms with Crippen LogP contribution in [0.1, 0.15) is 22.3 Å². The lowest BCUT2D eigenvalue weighted by atomic mass is 10.2. The average molecular weight is 388 g/mol. The fourth-order valence-corrected chi connectivity index (χ4v) is 3.09. The van der Waals surface area contributed by atoms with E-state index in [1.54, 1.807) is 42.2 Å². The highest BCUT2D eigenvalue weighted by molar-refractivity contribution is 7.98. The summed E-state index contributed by atoms with van der Waals surface area (Å²) in [4.78, 5) is 21.8. The molecule has 0 fully saturated rings. The van der Waals surface area contributed by atoms with Crippen molar-refractivity contribution in [1.29, 1.82) is 0 Å². The SMILES string of the molecule is CSc1ccc(CNC(=O)c2cccc(OC3=NCCC=N3)c2)c(Cl)c1. The minimum Gasteiger partial charge on any atom is -0.425 e. The third-order valence-electron chi connectivity index (χ3n) is 3.71. The van der Waals surface area contributed by atoms with Crippen molar-refractivity contribution < 1.29 is 9.53 Å². The number of thioether (sulfide) groups is 1. The highest BCUT2D eigenvalue weighted by atomic mass is 35.5. The molecule has 1 aliphatic rings. The van der Waals surface area contributed by atoms with Crippen LogP contribution in [0.3, 0.4) is 0 Å². The number of benzene rings is 2. The molecule has 2 aromatic rings. The van der Waals surface area contributed by atoms with E-state index in [-0.39, 0.29) is 5.91 Å². The van der Waals surface area contributed by atoms with Crippen molar-refractivity contribution >= 4 is 41.5 Å². The van der Waals surface area contributed by atoms with E-state index in [4.69, 9.17) is 16.3 Å². The van der Waals surface area contributed by atoms with Crippen LogP contribution in [-0.4, -0.2) is 30.9 Å². The Morgan fingerprint density at radius 1 is 1.31 bits per heavy atom. The Hall–Kier alpha value is -2.31. The van der Waals surface area contributed by atoms with Crippen LogP contribution in [0, 0.1) is 0 Å². The lowest BCUT2D eigenvalue weighted by Gasteiger charge is -2.10. The molecule has 0 atom stereocenters. The molecule has 0 radical (unpaired) electrons. The molecule has 0 saturated carbocycles. The maximum absolute atomic E-state index is 12.4. The molecule has 1 aliphatic heterocycles. The zero-order chi connectivity index (χ0) is 18.4. The molecule has 3 rings (SSSR count). The molecular formula is C19H18ClN3O2S. The topological polar surface area (TPSA) is 63.0 Å². The van der Waals surface area contributed by atoms with Crippen molar-refractivity contribution in [2.24, 2.45) is 9.98 Å². The predicted octanol–water partition coefficient (Wildman–Crippen LogP) is 4.20. The van der Waals surface area contributed by atoms with E-state index in [0.717, 1.165) is 16.9 Å². The summed E-state index contributed by atoms with van der Waals surface area (Å²) in [7, 11) is 0. The van der Waals surface area contributed by atoms with Crippen LogP contribution in [-0.2, 0) is 6.54 Å². The van der Waals surface area contributed by atoms with Gasteiger partial charge in [0.2, 0.25) is 0 Å². The summed E-state index contributed by atoms with van der Waals surface area (Å²) < 4.78 is 5.60. The van der Waals surface area contributed by atoms with Crippen molar-refractivity contribution in [3.8, 4) is 5.75 Å². The monoisotopic (exact) mass is 387 g/mol. The maximum atomic E-state index is 12.4. The molecule has 7 heteroatoms. The molecule has 26 heavy (non-hydrogen) atoms. The summed E-state index contributed by atoms with van der Waals surface area (Å²) in [5.74, 6) is 0.326. The smallest absolute Gasteiger partial charge is 0.316 e. The maximum Gasteiger partial charge on any atom is 0.316 e. The van der Waals surface area contributed by atoms with Gasteiger partial charge in [0.15, 0.2) is 0 Å². The minimum absolute atomic E-state index is 0.199. The number of amidine groups is 1. The molecular weight excluding hydrogens is 370 g/mol. The lowest BCUT2D eigenvalue weighted by molar-refractivity contribution is 0.0950. The van der Waals surface area contributed by atoms with Gasteiger partial charge in [0.1, 0.15) is 5.75 Å². The second-order valence-electron chi connectivity index (χ2n) is 5.53. The molecule has 0 bridgehead atoms. The molecule has 0 aliphatic carbocycles. The quantitative estimate of drug-likeness (QED) is 0.782. The summed E-state index contributed by atoms with van der Waals surface area (Å²) in [5.41, 5.74) is 1.37. The number of rotatable bonds is 5. The predicted molar refractivity (Wildman–Crippen MR) is 107 cm³/mol. The van der Waals surface area contributed by atoms with E-state index in [1.165, 1.54) is 0 Å². The second kappa shape index (κ2) is 8.87. The Bertz CT molecular complexity index is 868. The lowest BCUT2D eigenvalue weighted by Crippen LogP contribution is -2.23. The van der Waals surface area contributed by atoms with Crippen molar-refractivity contribution in [3.05, 3.63) is 58.6 Å². The highest BCUT2D eigenvalue weighted by Crippen LogP contribution is 2.23. The van der Waals surface area contributed by atoms with E-state index in [0.29, 0.717) is 35.4 Å². The summed E-state index contributed by atoms with van der Waals surface area (Å²) >= 11 is 7.88. The van der Waals surface area contributed by atoms with Gasteiger partial charge in [0, 0.05) is 41.2 Å². The number of carbonyl (C=O) groups excluding carboxylic acids is 1. The van der Waals surface area contributed by atoms with Gasteiger partial charge in [-0.2, -0.15) is 0 Å². The second-order valence-corrected chi connectivity index (χ2v) is 6.82. The minimum atomic E-state index is -0.199. The van der Waals surface area contributed by atoms with Crippen LogP contribution in [0.5, 0.6) is 5.75 Å². The zero-order valence-corrected chi connectivity index (χ0v) is 15.8. The molecule has 1 heterocycles. The molecule has 1 N–H and O–H groups in total. The fraction of sp³-hybridized carbons (Fsp3) is 0.211. The van der Waals surface area contributed by atoms with Crippen LogP contribution in [0.25, 0.3) is 0 Å². The van der Waals surface area contributed by atoms with Crippen LogP contribution in [0.4, 0.5) is 0 Å². The number of nitrogens with one attached hydrogen (secondary N) is 1. The van der Waals surface area contributed by atoms with Crippen LogP contribution < -0.4 is 10.1 Å². The van der Waals surface area contributed by atoms with Crippen LogP contribution in [0.15, 0.2) is 57.3 Å². The Labute approximate surface area is 161 Å². The summed E-state index contributed by atoms with van der Waals surface area (Å²) in [6, 6.07) is 13.0. The number of nitrogens with zero attached hydrogens (tertiary/aromatic N) is 2. The number of aliphatic imine (C=N–C) groups is 2. The van der Waals surface area contributed by atoms with Gasteiger partial charge in [-0.1, -0.05) is 23.7 Å². The summed E-state index contributed by atoms with van der Waals surface area (Å²) in [6.07, 6.45) is 4.58. The van der Waals surface area contributed by atoms with Gasteiger partial charge >= 0.3 is 6.02 Å². The number of ether oxygens (including phenoxy) is 1. The molecule has 1 amide bonds. The van der Waals surface area contributed by atoms with E-state index in [1.807, 2.05) is 24.5 Å². The summed E-state index contributed by atoms with van der Waals surface area (Å²) in [6.45, 7) is 1.02. The molecule has 0 spiro atoms. The normalized spacial score (nSPS) is 13.2. The Morgan fingerprint density at radius 3 is 2.92 bits per heavy atom. The molecule has 134 valence electrons. The van der Waals surface area contributed by atoms with Crippen molar-refractivity contribution in [1.82, 2.24) is 5.32 Å². The molecule has 0 aromatic heterocycles. The van der Waals surface area contributed by atoms with Crippen LogP contribution >= 0.6 is 23.4 Å². The number of halogens is 1. The number of hydrogen-bond acceptors (Lipinski definition) is 5. The van der Waals surface area contributed by atoms with Gasteiger partial charge in [0.05, 0.1) is 0 Å². The fourth-order valence-electron chi connectivity index (χ4n) is 2.34. The van der Waals surface area contributed by atoms with Crippen molar-refractivity contribution in [2.45, 2.75) is 17.9 Å². The first-order valence-electron chi connectivity index (χ1n) is 8.11. The van der Waals surface area contributed by atoms with E-state index < -0.39 is 0 Å². The van der Waals surface area contributed by atoms with Gasteiger partial charge in [-0.05, 0) is 42.2 Å². The highest BCUT2D eigenvalue weighted by Gasteiger charge is 2.10. The van der Waals surface area contributed by atoms with Gasteiger partial charge in [0.25, 0.3) is 5.91 Å². The van der Waals surface area contributed by atoms with Gasteiger partial charge in [-0.15, -0.1) is 11.8 Å². The molecule has 0 unspecified atom stereocenters. The van der Waals surface area contributed by atoms with E-state index in [9.17, 15) is 4.79 Å². The average Bonchev–Trinajstić information content (AvgIpc) is 2.67. The van der Waals surface area contributed by atoms with Gasteiger partial charge in [-0.3, -0.25) is 4.79 Å². The molecule has 0 saturated heterocycles. The van der Waals surface area contributed by atoms with Crippen molar-refractivity contribution in [3.63, 3.8) is 0 Å². The molecule has 5 nitrogen and oxygen atoms in total. The Morgan fingerprint density at radius 2 is 2.19 bits per heavy atom. The zero-order valence-electron chi connectivity index (χ0n) is 14.2. The third-order valence-corrected chi connectivity index (χ3v) is 4.79. The standard InChI is InChI=1S/C19H18ClN3O2S/c1-26-16-7-6-14(17(20)11-16)12-23-18(24)13-4-2-5-15(10-13)25-19-21-8-3-9-22-19/h2,4-8,10-11H,3,9,12H2,1H3,(H,23,24). The Kier molecular flexibility index (Phi) is 6.30. The number of amides is 1.